The molecule has 0 spiro atoms. The lowest BCUT2D eigenvalue weighted by Gasteiger charge is -2.30. The average Bonchev–Trinajstić information content (AvgIpc) is 3.75. The Morgan fingerprint density at radius 1 is 0.956 bits per heavy atom. The Labute approximate surface area is 269 Å². The van der Waals surface area contributed by atoms with Crippen LogP contribution in [0.25, 0.3) is 11.0 Å². The summed E-state index contributed by atoms with van der Waals surface area (Å²) >= 11 is 1.73. The molecule has 7 rings (SSSR count). The molecule has 1 N–H and O–H groups in total. The summed E-state index contributed by atoms with van der Waals surface area (Å²) in [5.74, 6) is 8.03. The number of benzene rings is 2. The minimum atomic E-state index is -0.124. The molecule has 1 aliphatic carbocycles. The maximum Gasteiger partial charge on any atom is 0.268 e. The highest BCUT2D eigenvalue weighted by atomic mass is 32.1. The summed E-state index contributed by atoms with van der Waals surface area (Å²) < 4.78 is 1.80. The second kappa shape index (κ2) is 13.0. The first-order valence-corrected chi connectivity index (χ1v) is 17.0. The highest BCUT2D eigenvalue weighted by Crippen LogP contribution is 2.38. The van der Waals surface area contributed by atoms with Crippen LogP contribution in [-0.2, 0) is 6.54 Å². The predicted octanol–water partition coefficient (Wildman–Crippen LogP) is 7.82. The molecule has 0 amide bonds. The molecular weight excluding hydrogens is 575 g/mol. The average molecular weight is 614 g/mol. The summed E-state index contributed by atoms with van der Waals surface area (Å²) in [6.07, 6.45) is 9.24. The van der Waals surface area contributed by atoms with Crippen LogP contribution >= 0.6 is 11.3 Å². The first-order chi connectivity index (χ1) is 22.0. The molecule has 2 fully saturated rings. The summed E-state index contributed by atoms with van der Waals surface area (Å²) in [6.45, 7) is 4.78. The quantitative estimate of drug-likeness (QED) is 0.198. The molecular formula is C38H39N5OS. The number of likely N-dealkylation sites (N-methyl/N-ethyl adjacent to an activating group) is 1. The van der Waals surface area contributed by atoms with Crippen molar-refractivity contribution in [3.63, 3.8) is 0 Å². The van der Waals surface area contributed by atoms with E-state index < -0.39 is 0 Å². The SMILES string of the molecule is Cc1ccccc1C#Cc1cc2cnc(Nc3ccc(C4CCCN(C)C4)cc3)nc2n(Cc2sccc2C2CCCC2)c1=O. The second-order valence-electron chi connectivity index (χ2n) is 12.6. The predicted molar refractivity (Wildman–Crippen MR) is 185 cm³/mol. The number of pyridine rings is 1. The fourth-order valence-electron chi connectivity index (χ4n) is 6.93. The minimum absolute atomic E-state index is 0.124. The number of thiophene rings is 1. The largest absolute Gasteiger partial charge is 0.324 e. The first kappa shape index (κ1) is 29.5. The summed E-state index contributed by atoms with van der Waals surface area (Å²) in [5.41, 5.74) is 6.63. The molecule has 7 heteroatoms. The van der Waals surface area contributed by atoms with Gasteiger partial charge in [0.15, 0.2) is 0 Å². The number of fused-ring (bicyclic) bond motifs is 1. The summed E-state index contributed by atoms with van der Waals surface area (Å²) in [5, 5.41) is 6.35. The zero-order valence-electron chi connectivity index (χ0n) is 26.1. The van der Waals surface area contributed by atoms with Gasteiger partial charge in [-0.2, -0.15) is 4.98 Å². The van der Waals surface area contributed by atoms with Crippen molar-refractivity contribution in [3.05, 3.63) is 115 Å². The van der Waals surface area contributed by atoms with Crippen LogP contribution in [0.5, 0.6) is 0 Å². The van der Waals surface area contributed by atoms with Gasteiger partial charge in [0, 0.05) is 34.3 Å². The maximum atomic E-state index is 14.1. The van der Waals surface area contributed by atoms with Gasteiger partial charge < -0.3 is 10.2 Å². The Morgan fingerprint density at radius 2 is 1.73 bits per heavy atom. The third-order valence-electron chi connectivity index (χ3n) is 9.44. The minimum Gasteiger partial charge on any atom is -0.324 e. The van der Waals surface area contributed by atoms with E-state index in [0.717, 1.165) is 28.7 Å². The Kier molecular flexibility index (Phi) is 8.51. The molecule has 2 aromatic carbocycles. The van der Waals surface area contributed by atoms with Crippen molar-refractivity contribution >= 4 is 34.0 Å². The van der Waals surface area contributed by atoms with Crippen molar-refractivity contribution in [1.29, 1.82) is 0 Å². The molecule has 0 radical (unpaired) electrons. The second-order valence-corrected chi connectivity index (χ2v) is 13.6. The number of piperidine rings is 1. The van der Waals surface area contributed by atoms with Gasteiger partial charge in [0.25, 0.3) is 5.56 Å². The van der Waals surface area contributed by atoms with Crippen molar-refractivity contribution in [2.24, 2.45) is 0 Å². The molecule has 2 aliphatic rings. The molecule has 4 heterocycles. The fraction of sp³-hybridized carbons (Fsp3) is 0.342. The molecule has 1 atom stereocenters. The van der Waals surface area contributed by atoms with Crippen LogP contribution in [0.4, 0.5) is 11.6 Å². The van der Waals surface area contributed by atoms with Crippen molar-refractivity contribution in [1.82, 2.24) is 19.4 Å². The molecule has 6 nitrogen and oxygen atoms in total. The van der Waals surface area contributed by atoms with E-state index in [-0.39, 0.29) is 5.56 Å². The summed E-state index contributed by atoms with van der Waals surface area (Å²) in [4.78, 5) is 27.3. The van der Waals surface area contributed by atoms with Gasteiger partial charge in [0.05, 0.1) is 12.1 Å². The van der Waals surface area contributed by atoms with E-state index in [1.54, 1.807) is 22.1 Å². The number of aromatic nitrogens is 3. The number of likely N-dealkylation sites (tertiary alicyclic amines) is 1. The molecule has 1 saturated carbocycles. The molecule has 1 saturated heterocycles. The van der Waals surface area contributed by atoms with Gasteiger partial charge in [0.1, 0.15) is 5.65 Å². The fourth-order valence-corrected chi connectivity index (χ4v) is 7.89. The van der Waals surface area contributed by atoms with Crippen LogP contribution in [-0.4, -0.2) is 39.6 Å². The van der Waals surface area contributed by atoms with Crippen molar-refractivity contribution < 1.29 is 0 Å². The molecule has 228 valence electrons. The number of nitrogens with zero attached hydrogens (tertiary/aromatic N) is 4. The Bertz CT molecular complexity index is 1940. The van der Waals surface area contributed by atoms with Gasteiger partial charge in [-0.1, -0.05) is 55.0 Å². The van der Waals surface area contributed by atoms with Gasteiger partial charge in [-0.15, -0.1) is 11.3 Å². The van der Waals surface area contributed by atoms with Crippen LogP contribution in [0.1, 0.15) is 83.1 Å². The van der Waals surface area contributed by atoms with Crippen LogP contribution in [0.2, 0.25) is 0 Å². The molecule has 1 aliphatic heterocycles. The standard InChI is InChI=1S/C38H39N5OS/c1-26-8-3-4-9-27(26)13-14-30-22-32-23-39-38(40-33-17-15-28(16-18-33)31-12-7-20-42(2)24-31)41-36(32)43(37(30)44)25-35-34(19-21-45-35)29-10-5-6-11-29/h3-4,8-9,15-19,21-23,29,31H,5-7,10-12,20,24-25H2,1-2H3,(H,39,40,41). The third kappa shape index (κ3) is 6.45. The van der Waals surface area contributed by atoms with Crippen LogP contribution < -0.4 is 10.9 Å². The van der Waals surface area contributed by atoms with Crippen molar-refractivity contribution in [2.45, 2.75) is 63.8 Å². The first-order valence-electron chi connectivity index (χ1n) is 16.1. The number of hydrogen-bond acceptors (Lipinski definition) is 6. The Morgan fingerprint density at radius 3 is 2.53 bits per heavy atom. The summed E-state index contributed by atoms with van der Waals surface area (Å²) in [7, 11) is 2.20. The lowest BCUT2D eigenvalue weighted by molar-refractivity contribution is 0.251. The van der Waals surface area contributed by atoms with Gasteiger partial charge >= 0.3 is 0 Å². The van der Waals surface area contributed by atoms with E-state index in [4.69, 9.17) is 4.98 Å². The number of aryl methyl sites for hydroxylation is 1. The van der Waals surface area contributed by atoms with E-state index in [1.165, 1.54) is 61.1 Å². The Hall–Kier alpha value is -4.25. The van der Waals surface area contributed by atoms with Gasteiger partial charge in [0.2, 0.25) is 5.95 Å². The third-order valence-corrected chi connectivity index (χ3v) is 10.4. The van der Waals surface area contributed by atoms with E-state index >= 15 is 0 Å². The zero-order chi connectivity index (χ0) is 30.8. The highest BCUT2D eigenvalue weighted by Gasteiger charge is 2.22. The Balaban J connectivity index is 1.24. The van der Waals surface area contributed by atoms with Crippen LogP contribution in [0.15, 0.2) is 77.0 Å². The summed E-state index contributed by atoms with van der Waals surface area (Å²) in [6, 6.07) is 20.7. The van der Waals surface area contributed by atoms with Crippen molar-refractivity contribution in [3.8, 4) is 11.8 Å². The zero-order valence-corrected chi connectivity index (χ0v) is 26.9. The topological polar surface area (TPSA) is 63.1 Å². The smallest absolute Gasteiger partial charge is 0.268 e. The monoisotopic (exact) mass is 613 g/mol. The number of hydrogen-bond donors (Lipinski definition) is 1. The van der Waals surface area contributed by atoms with Crippen LogP contribution in [0, 0.1) is 18.8 Å². The number of anilines is 2. The molecule has 5 aromatic rings. The number of rotatable bonds is 6. The lowest BCUT2D eigenvalue weighted by Crippen LogP contribution is -2.30. The normalized spacial score (nSPS) is 17.3. The van der Waals surface area contributed by atoms with E-state index in [2.05, 4.69) is 69.8 Å². The van der Waals surface area contributed by atoms with Gasteiger partial charge in [-0.3, -0.25) is 9.36 Å². The van der Waals surface area contributed by atoms with E-state index in [1.807, 2.05) is 37.3 Å². The van der Waals surface area contributed by atoms with Crippen LogP contribution in [0.3, 0.4) is 0 Å². The van der Waals surface area contributed by atoms with Crippen molar-refractivity contribution in [2.75, 3.05) is 25.5 Å². The highest BCUT2D eigenvalue weighted by molar-refractivity contribution is 7.10. The maximum absolute atomic E-state index is 14.1. The molecule has 1 unspecified atom stereocenters. The lowest BCUT2D eigenvalue weighted by atomic mass is 9.91. The molecule has 3 aromatic heterocycles. The van der Waals surface area contributed by atoms with Gasteiger partial charge in [-0.25, -0.2) is 4.98 Å². The molecule has 0 bridgehead atoms. The molecule has 45 heavy (non-hydrogen) atoms. The van der Waals surface area contributed by atoms with E-state index in [0.29, 0.717) is 35.5 Å². The van der Waals surface area contributed by atoms with Gasteiger partial charge in [-0.05, 0) is 110 Å². The van der Waals surface area contributed by atoms with E-state index in [9.17, 15) is 4.79 Å². The number of nitrogens with one attached hydrogen (secondary N) is 1.